The van der Waals surface area contributed by atoms with Gasteiger partial charge in [-0.05, 0) is 44.9 Å². The number of hydrogen-bond acceptors (Lipinski definition) is 4. The Labute approximate surface area is 146 Å². The Morgan fingerprint density at radius 3 is 2.26 bits per heavy atom. The summed E-state index contributed by atoms with van der Waals surface area (Å²) in [5, 5.41) is 0. The molecule has 0 heterocycles. The van der Waals surface area contributed by atoms with E-state index in [-0.39, 0.29) is 5.97 Å². The van der Waals surface area contributed by atoms with Crippen molar-refractivity contribution in [2.24, 2.45) is 0 Å². The number of carbonyl (C=O) groups is 2. The second-order valence-corrected chi connectivity index (χ2v) is 7.23. The van der Waals surface area contributed by atoms with Gasteiger partial charge < -0.3 is 14.4 Å². The average Bonchev–Trinajstić information content (AvgIpc) is 2.46. The van der Waals surface area contributed by atoms with Crippen LogP contribution in [0.2, 0.25) is 0 Å². The maximum Gasteiger partial charge on any atom is 0.410 e. The number of nitrogens with zero attached hydrogens (tertiary/aromatic N) is 1. The largest absolute Gasteiger partial charge is 0.469 e. The molecular formula is C17H24BrNO4. The predicted molar refractivity (Wildman–Crippen MR) is 92.4 cm³/mol. The lowest BCUT2D eigenvalue weighted by molar-refractivity contribution is -0.142. The lowest BCUT2D eigenvalue weighted by atomic mass is 9.95. The van der Waals surface area contributed by atoms with Crippen LogP contribution in [0.4, 0.5) is 4.79 Å². The van der Waals surface area contributed by atoms with Crippen molar-refractivity contribution in [1.82, 2.24) is 4.90 Å². The van der Waals surface area contributed by atoms with E-state index in [1.54, 1.807) is 7.05 Å². The van der Waals surface area contributed by atoms with Crippen molar-refractivity contribution in [1.29, 1.82) is 0 Å². The summed E-state index contributed by atoms with van der Waals surface area (Å²) in [7, 11) is 3.02. The minimum absolute atomic E-state index is 0.315. The highest BCUT2D eigenvalue weighted by molar-refractivity contribution is 9.10. The van der Waals surface area contributed by atoms with Crippen molar-refractivity contribution >= 4 is 28.0 Å². The van der Waals surface area contributed by atoms with Gasteiger partial charge in [0.05, 0.1) is 13.0 Å². The predicted octanol–water partition coefficient (Wildman–Crippen LogP) is 3.96. The van der Waals surface area contributed by atoms with Gasteiger partial charge in [0.25, 0.3) is 0 Å². The Bertz CT molecular complexity index is 537. The Hall–Kier alpha value is -1.56. The maximum atomic E-state index is 12.0. The maximum absolute atomic E-state index is 12.0. The van der Waals surface area contributed by atoms with Crippen LogP contribution in [0.3, 0.4) is 0 Å². The summed E-state index contributed by atoms with van der Waals surface area (Å²) in [6.45, 7) is 5.85. The lowest BCUT2D eigenvalue weighted by Crippen LogP contribution is -2.35. The number of hydrogen-bond donors (Lipinski definition) is 0. The van der Waals surface area contributed by atoms with Crippen molar-refractivity contribution < 1.29 is 19.1 Å². The molecule has 0 spiro atoms. The van der Waals surface area contributed by atoms with E-state index in [0.717, 1.165) is 10.0 Å². The number of ether oxygens (including phenoxy) is 2. The van der Waals surface area contributed by atoms with Crippen molar-refractivity contribution in [2.75, 3.05) is 20.7 Å². The Kier molecular flexibility index (Phi) is 7.06. The van der Waals surface area contributed by atoms with Gasteiger partial charge in [-0.3, -0.25) is 4.79 Å². The zero-order chi connectivity index (χ0) is 17.6. The van der Waals surface area contributed by atoms with E-state index in [1.165, 1.54) is 12.0 Å². The molecule has 1 amide bonds. The first kappa shape index (κ1) is 19.5. The van der Waals surface area contributed by atoms with Crippen molar-refractivity contribution in [3.8, 4) is 0 Å². The Morgan fingerprint density at radius 2 is 1.78 bits per heavy atom. The molecule has 0 aromatic heterocycles. The molecule has 0 aliphatic rings. The normalized spacial score (nSPS) is 12.4. The first-order valence-electron chi connectivity index (χ1n) is 7.41. The topological polar surface area (TPSA) is 55.8 Å². The summed E-state index contributed by atoms with van der Waals surface area (Å²) in [6.07, 6.45) is 0.0567. The number of amides is 1. The molecule has 0 fully saturated rings. The van der Waals surface area contributed by atoms with Gasteiger partial charge in [0.2, 0.25) is 0 Å². The molecule has 1 atom stereocenters. The quantitative estimate of drug-likeness (QED) is 0.719. The molecule has 6 heteroatoms. The van der Waals surface area contributed by atoms with Gasteiger partial charge >= 0.3 is 12.1 Å². The van der Waals surface area contributed by atoms with Crippen LogP contribution >= 0.6 is 15.9 Å². The molecule has 0 aliphatic carbocycles. The number of methoxy groups -OCH3 is 1. The van der Waals surface area contributed by atoms with Crippen LogP contribution in [-0.4, -0.2) is 43.3 Å². The molecule has 5 nitrogen and oxygen atoms in total. The van der Waals surface area contributed by atoms with Gasteiger partial charge in [-0.1, -0.05) is 28.1 Å². The summed E-state index contributed by atoms with van der Waals surface area (Å²) in [6, 6.07) is 7.50. The van der Waals surface area contributed by atoms with Gasteiger partial charge in [0, 0.05) is 18.1 Å². The molecule has 128 valence electrons. The highest BCUT2D eigenvalue weighted by Crippen LogP contribution is 2.24. The van der Waals surface area contributed by atoms with Crippen LogP contribution in [0.25, 0.3) is 0 Å². The van der Waals surface area contributed by atoms with Crippen molar-refractivity contribution in [2.45, 2.75) is 38.7 Å². The number of benzene rings is 1. The second-order valence-electron chi connectivity index (χ2n) is 6.32. The molecule has 23 heavy (non-hydrogen) atoms. The van der Waals surface area contributed by atoms with Crippen molar-refractivity contribution in [3.63, 3.8) is 0 Å². The summed E-state index contributed by atoms with van der Waals surface area (Å²) in [4.78, 5) is 25.5. The van der Waals surface area contributed by atoms with Crippen LogP contribution in [-0.2, 0) is 14.3 Å². The molecule has 0 saturated carbocycles. The number of halogens is 1. The fourth-order valence-electron chi connectivity index (χ4n) is 2.01. The second kappa shape index (κ2) is 8.34. The summed E-state index contributed by atoms with van der Waals surface area (Å²) >= 11 is 3.37. The van der Waals surface area contributed by atoms with E-state index in [0.29, 0.717) is 13.0 Å². The number of carbonyl (C=O) groups excluding carboxylic acids is 2. The molecule has 0 radical (unpaired) electrons. The SMILES string of the molecule is COC(=O)C(CCN(C)C(=O)OC(C)(C)C)c1ccc(Br)cc1. The molecule has 0 aliphatic heterocycles. The number of esters is 1. The molecule has 1 aromatic carbocycles. The molecule has 1 aromatic rings. The zero-order valence-electron chi connectivity index (χ0n) is 14.3. The fourth-order valence-corrected chi connectivity index (χ4v) is 2.28. The molecular weight excluding hydrogens is 362 g/mol. The fraction of sp³-hybridized carbons (Fsp3) is 0.529. The lowest BCUT2D eigenvalue weighted by Gasteiger charge is -2.25. The minimum Gasteiger partial charge on any atom is -0.469 e. The summed E-state index contributed by atoms with van der Waals surface area (Å²) in [5.74, 6) is -0.733. The zero-order valence-corrected chi connectivity index (χ0v) is 15.8. The van der Waals surface area contributed by atoms with E-state index < -0.39 is 17.6 Å². The molecule has 1 rings (SSSR count). The minimum atomic E-state index is -0.543. The first-order valence-corrected chi connectivity index (χ1v) is 8.20. The monoisotopic (exact) mass is 385 g/mol. The van der Waals surface area contributed by atoms with E-state index in [1.807, 2.05) is 45.0 Å². The van der Waals surface area contributed by atoms with Gasteiger partial charge in [0.15, 0.2) is 0 Å². The Morgan fingerprint density at radius 1 is 1.22 bits per heavy atom. The molecule has 0 bridgehead atoms. The number of rotatable bonds is 5. The van der Waals surface area contributed by atoms with Crippen LogP contribution < -0.4 is 0 Å². The van der Waals surface area contributed by atoms with E-state index in [9.17, 15) is 9.59 Å². The summed E-state index contributed by atoms with van der Waals surface area (Å²) < 4.78 is 11.1. The van der Waals surface area contributed by atoms with Crippen molar-refractivity contribution in [3.05, 3.63) is 34.3 Å². The van der Waals surface area contributed by atoms with Gasteiger partial charge in [0.1, 0.15) is 5.60 Å². The third kappa shape index (κ3) is 6.60. The third-order valence-electron chi connectivity index (χ3n) is 3.22. The Balaban J connectivity index is 2.73. The third-order valence-corrected chi connectivity index (χ3v) is 3.75. The highest BCUT2D eigenvalue weighted by atomic mass is 79.9. The van der Waals surface area contributed by atoms with Crippen LogP contribution in [0, 0.1) is 0 Å². The van der Waals surface area contributed by atoms with E-state index in [2.05, 4.69) is 15.9 Å². The summed E-state index contributed by atoms with van der Waals surface area (Å²) in [5.41, 5.74) is 0.316. The van der Waals surface area contributed by atoms with Gasteiger partial charge in [-0.2, -0.15) is 0 Å². The van der Waals surface area contributed by atoms with Crippen LogP contribution in [0.15, 0.2) is 28.7 Å². The van der Waals surface area contributed by atoms with E-state index >= 15 is 0 Å². The van der Waals surface area contributed by atoms with E-state index in [4.69, 9.17) is 9.47 Å². The smallest absolute Gasteiger partial charge is 0.410 e. The van der Waals surface area contributed by atoms with Crippen LogP contribution in [0.5, 0.6) is 0 Å². The molecule has 0 saturated heterocycles. The first-order chi connectivity index (χ1) is 10.6. The average molecular weight is 386 g/mol. The standard InChI is InChI=1S/C17H24BrNO4/c1-17(2,3)23-16(21)19(4)11-10-14(15(20)22-5)12-6-8-13(18)9-7-12/h6-9,14H,10-11H2,1-5H3. The molecule has 1 unspecified atom stereocenters. The van der Waals surface area contributed by atoms with Crippen LogP contribution in [0.1, 0.15) is 38.7 Å². The van der Waals surface area contributed by atoms with Gasteiger partial charge in [-0.25, -0.2) is 4.79 Å². The van der Waals surface area contributed by atoms with Gasteiger partial charge in [-0.15, -0.1) is 0 Å². The highest BCUT2D eigenvalue weighted by Gasteiger charge is 2.24. The molecule has 0 N–H and O–H groups in total.